The zero-order chi connectivity index (χ0) is 22.4. The third-order valence-electron chi connectivity index (χ3n) is 7.15. The fraction of sp³-hybridized carbons (Fsp3) is 0.167. The molecule has 2 aliphatic heterocycles. The highest BCUT2D eigenvalue weighted by Gasteiger charge is 2.48. The number of fused-ring (bicyclic) bond motifs is 5. The van der Waals surface area contributed by atoms with Crippen molar-refractivity contribution < 1.29 is 0 Å². The van der Waals surface area contributed by atoms with Gasteiger partial charge in [0.2, 0.25) is 0 Å². The third kappa shape index (κ3) is 3.00. The highest BCUT2D eigenvalue weighted by molar-refractivity contribution is 5.92. The molecule has 2 aliphatic rings. The molecular formula is C30H27N3. The van der Waals surface area contributed by atoms with Crippen molar-refractivity contribution in [2.45, 2.75) is 25.4 Å². The highest BCUT2D eigenvalue weighted by Crippen LogP contribution is 2.56. The van der Waals surface area contributed by atoms with Crippen LogP contribution >= 0.6 is 0 Å². The monoisotopic (exact) mass is 429 g/mol. The van der Waals surface area contributed by atoms with Crippen LogP contribution in [0.5, 0.6) is 0 Å². The summed E-state index contributed by atoms with van der Waals surface area (Å²) < 4.78 is 0. The highest BCUT2D eigenvalue weighted by atomic mass is 15.5. The summed E-state index contributed by atoms with van der Waals surface area (Å²) in [5.41, 5.74) is 7.48. The molecule has 33 heavy (non-hydrogen) atoms. The van der Waals surface area contributed by atoms with E-state index in [0.29, 0.717) is 11.8 Å². The van der Waals surface area contributed by atoms with Gasteiger partial charge in [-0.25, -0.2) is 4.98 Å². The van der Waals surface area contributed by atoms with Gasteiger partial charge in [-0.2, -0.15) is 0 Å². The molecule has 0 saturated heterocycles. The molecule has 3 heterocycles. The molecule has 0 saturated carbocycles. The second kappa shape index (κ2) is 7.93. The van der Waals surface area contributed by atoms with Crippen LogP contribution in [-0.4, -0.2) is 11.1 Å². The summed E-state index contributed by atoms with van der Waals surface area (Å²) in [6, 6.07) is 32.5. The Labute approximate surface area is 195 Å². The fourth-order valence-electron chi connectivity index (χ4n) is 5.72. The lowest BCUT2D eigenvalue weighted by Crippen LogP contribution is -2.48. The van der Waals surface area contributed by atoms with Gasteiger partial charge in [0.1, 0.15) is 6.17 Å². The first-order valence-electron chi connectivity index (χ1n) is 11.7. The number of hydrogen-bond acceptors (Lipinski definition) is 3. The van der Waals surface area contributed by atoms with Crippen LogP contribution in [0, 0.1) is 5.92 Å². The topological polar surface area (TPSA) is 19.4 Å². The van der Waals surface area contributed by atoms with Crippen molar-refractivity contribution in [1.82, 2.24) is 4.98 Å². The number of anilines is 4. The second-order valence-electron chi connectivity index (χ2n) is 8.93. The predicted molar refractivity (Wildman–Crippen MR) is 137 cm³/mol. The Bertz CT molecular complexity index is 1310. The first kappa shape index (κ1) is 19.8. The first-order chi connectivity index (χ1) is 16.3. The molecule has 1 aromatic heterocycles. The van der Waals surface area contributed by atoms with Gasteiger partial charge in [-0.3, -0.25) is 0 Å². The first-order valence-corrected chi connectivity index (χ1v) is 11.7. The number of benzene rings is 3. The largest absolute Gasteiger partial charge is 0.316 e. The van der Waals surface area contributed by atoms with Crippen LogP contribution in [0.2, 0.25) is 0 Å². The molecule has 6 rings (SSSR count). The Balaban J connectivity index is 1.60. The van der Waals surface area contributed by atoms with Crippen molar-refractivity contribution in [1.29, 1.82) is 0 Å². The second-order valence-corrected chi connectivity index (χ2v) is 8.93. The van der Waals surface area contributed by atoms with E-state index in [9.17, 15) is 0 Å². The van der Waals surface area contributed by atoms with Crippen molar-refractivity contribution in [2.75, 3.05) is 9.80 Å². The number of hydrogen-bond donors (Lipinski definition) is 0. The molecule has 4 aromatic rings. The Morgan fingerprint density at radius 3 is 2.30 bits per heavy atom. The molecule has 3 nitrogen and oxygen atoms in total. The van der Waals surface area contributed by atoms with E-state index in [1.54, 1.807) is 0 Å². The molecule has 162 valence electrons. The maximum atomic E-state index is 4.89. The minimum atomic E-state index is 0.139. The van der Waals surface area contributed by atoms with Crippen molar-refractivity contribution in [2.24, 2.45) is 5.92 Å². The van der Waals surface area contributed by atoms with Crippen LogP contribution in [0.25, 0.3) is 11.1 Å². The minimum absolute atomic E-state index is 0.139. The third-order valence-corrected chi connectivity index (χ3v) is 7.15. The predicted octanol–water partition coefficient (Wildman–Crippen LogP) is 7.67. The van der Waals surface area contributed by atoms with E-state index in [4.69, 9.17) is 4.98 Å². The number of aromatic nitrogens is 1. The van der Waals surface area contributed by atoms with Gasteiger partial charge in [-0.15, -0.1) is 6.58 Å². The summed E-state index contributed by atoms with van der Waals surface area (Å²) >= 11 is 0. The molecule has 0 fully saturated rings. The average molecular weight is 430 g/mol. The molecule has 3 aromatic carbocycles. The lowest BCUT2D eigenvalue weighted by Gasteiger charge is -2.45. The quantitative estimate of drug-likeness (QED) is 0.310. The van der Waals surface area contributed by atoms with E-state index in [1.165, 1.54) is 28.1 Å². The lowest BCUT2D eigenvalue weighted by atomic mass is 9.78. The Morgan fingerprint density at radius 2 is 1.48 bits per heavy atom. The van der Waals surface area contributed by atoms with Crippen molar-refractivity contribution in [3.05, 3.63) is 115 Å². The van der Waals surface area contributed by atoms with E-state index < -0.39 is 0 Å². The minimum Gasteiger partial charge on any atom is -0.316 e. The van der Waals surface area contributed by atoms with E-state index in [0.717, 1.165) is 17.9 Å². The van der Waals surface area contributed by atoms with Gasteiger partial charge in [0.05, 0.1) is 11.4 Å². The van der Waals surface area contributed by atoms with Gasteiger partial charge < -0.3 is 9.80 Å². The van der Waals surface area contributed by atoms with Crippen molar-refractivity contribution in [3.8, 4) is 11.1 Å². The molecular weight excluding hydrogens is 402 g/mol. The SMILES string of the molecule is C=CCC1c2ccccc2N2c3ncccc3N(c3ccccc3-c3ccccc3)C2C1C. The lowest BCUT2D eigenvalue weighted by molar-refractivity contribution is 0.369. The molecule has 0 aliphatic carbocycles. The molecule has 0 N–H and O–H groups in total. The molecule has 0 amide bonds. The van der Waals surface area contributed by atoms with Gasteiger partial charge in [-0.05, 0) is 47.7 Å². The van der Waals surface area contributed by atoms with Gasteiger partial charge in [0.15, 0.2) is 5.82 Å². The van der Waals surface area contributed by atoms with Crippen molar-refractivity contribution >= 4 is 22.9 Å². The zero-order valence-electron chi connectivity index (χ0n) is 18.8. The van der Waals surface area contributed by atoms with Gasteiger partial charge >= 0.3 is 0 Å². The van der Waals surface area contributed by atoms with Crippen LogP contribution in [-0.2, 0) is 0 Å². The molecule has 3 heteroatoms. The molecule has 0 radical (unpaired) electrons. The van der Waals surface area contributed by atoms with Crippen LogP contribution in [0.4, 0.5) is 22.9 Å². The van der Waals surface area contributed by atoms with Crippen LogP contribution < -0.4 is 9.80 Å². The van der Waals surface area contributed by atoms with Gasteiger partial charge in [-0.1, -0.05) is 79.7 Å². The van der Waals surface area contributed by atoms with Crippen LogP contribution in [0.15, 0.2) is 110 Å². The number of para-hydroxylation sites is 2. The summed E-state index contributed by atoms with van der Waals surface area (Å²) in [5.74, 6) is 1.80. The Hall–Kier alpha value is -3.85. The number of pyridine rings is 1. The smallest absolute Gasteiger partial charge is 0.158 e. The maximum Gasteiger partial charge on any atom is 0.158 e. The summed E-state index contributed by atoms with van der Waals surface area (Å²) in [4.78, 5) is 9.86. The number of allylic oxidation sites excluding steroid dienone is 1. The average Bonchev–Trinajstić information content (AvgIpc) is 3.23. The van der Waals surface area contributed by atoms with Crippen molar-refractivity contribution in [3.63, 3.8) is 0 Å². The van der Waals surface area contributed by atoms with E-state index in [-0.39, 0.29) is 6.17 Å². The number of rotatable bonds is 4. The van der Waals surface area contributed by atoms with Crippen LogP contribution in [0.1, 0.15) is 24.8 Å². The summed E-state index contributed by atoms with van der Waals surface area (Å²) in [7, 11) is 0. The van der Waals surface area contributed by atoms with E-state index in [1.807, 2.05) is 12.3 Å². The van der Waals surface area contributed by atoms with Gasteiger partial charge in [0, 0.05) is 23.4 Å². The maximum absolute atomic E-state index is 4.89. The van der Waals surface area contributed by atoms with E-state index >= 15 is 0 Å². The molecule has 3 atom stereocenters. The molecule has 0 bridgehead atoms. The normalized spacial score (nSPS) is 20.7. The van der Waals surface area contributed by atoms with Gasteiger partial charge in [0.25, 0.3) is 0 Å². The number of nitrogens with zero attached hydrogens (tertiary/aromatic N) is 3. The zero-order valence-corrected chi connectivity index (χ0v) is 18.8. The Kier molecular flexibility index (Phi) is 4.76. The Morgan fingerprint density at radius 1 is 0.788 bits per heavy atom. The summed E-state index contributed by atoms with van der Waals surface area (Å²) in [6.07, 6.45) is 5.07. The van der Waals surface area contributed by atoms with E-state index in [2.05, 4.69) is 114 Å². The molecule has 0 spiro atoms. The summed E-state index contributed by atoms with van der Waals surface area (Å²) in [5, 5.41) is 0. The molecule has 3 unspecified atom stereocenters. The summed E-state index contributed by atoms with van der Waals surface area (Å²) in [6.45, 7) is 6.46. The fourth-order valence-corrected chi connectivity index (χ4v) is 5.72. The van der Waals surface area contributed by atoms with Crippen LogP contribution in [0.3, 0.4) is 0 Å². The standard InChI is InChI=1S/C30H27N3/c1-3-12-23-21(2)30-32(26-17-9-7-15-24(26)22-13-5-4-6-14-22)28-19-11-20-31-29(28)33(30)27-18-10-8-16-25(23)27/h3-11,13-21,23,30H,1,12H2,2H3.